The number of piperidine rings is 1. The molecule has 4 aromatic heterocycles. The molecule has 0 bridgehead atoms. The highest BCUT2D eigenvalue weighted by Gasteiger charge is 2.46. The number of ether oxygens (including phenoxy) is 1. The van der Waals surface area contributed by atoms with Gasteiger partial charge in [-0.25, -0.2) is 19.3 Å². The van der Waals surface area contributed by atoms with Crippen LogP contribution in [0.4, 0.5) is 24.8 Å². The third-order valence-corrected chi connectivity index (χ3v) is 7.11. The first-order valence-electron chi connectivity index (χ1n) is 12.0. The molecular weight excluding hydrogens is 541 g/mol. The minimum absolute atomic E-state index is 0.0189. The van der Waals surface area contributed by atoms with E-state index >= 15 is 0 Å². The molecule has 0 spiro atoms. The van der Waals surface area contributed by atoms with Crippen molar-refractivity contribution in [1.82, 2.24) is 29.3 Å². The third-order valence-electron chi connectivity index (χ3n) is 6.81. The lowest BCUT2D eigenvalue weighted by Crippen LogP contribution is -2.48. The number of hydrogen-bond donors (Lipinski definition) is 2. The lowest BCUT2D eigenvalue weighted by atomic mass is 9.92. The van der Waals surface area contributed by atoms with Crippen LogP contribution in [0.1, 0.15) is 48.7 Å². The van der Waals surface area contributed by atoms with E-state index in [4.69, 9.17) is 22.1 Å². The molecule has 15 heteroatoms. The highest BCUT2D eigenvalue weighted by Crippen LogP contribution is 2.37. The average Bonchev–Trinajstić information content (AvgIpc) is 3.48. The maximum atomic E-state index is 13.3. The number of pyridine rings is 1. The van der Waals surface area contributed by atoms with Crippen LogP contribution in [0.3, 0.4) is 0 Å². The molecule has 11 nitrogen and oxygen atoms in total. The van der Waals surface area contributed by atoms with E-state index in [0.717, 1.165) is 0 Å². The number of imidazole rings is 1. The molecule has 1 atom stereocenters. The molecule has 3 N–H and O–H groups in total. The highest BCUT2D eigenvalue weighted by atomic mass is 35.5. The van der Waals surface area contributed by atoms with Crippen LogP contribution in [-0.2, 0) is 9.53 Å². The van der Waals surface area contributed by atoms with E-state index in [9.17, 15) is 22.8 Å². The number of nitrogens with two attached hydrogens (primary N) is 1. The van der Waals surface area contributed by atoms with Crippen molar-refractivity contribution >= 4 is 46.3 Å². The van der Waals surface area contributed by atoms with Gasteiger partial charge in [-0.1, -0.05) is 11.6 Å². The maximum absolute atomic E-state index is 13.3. The molecule has 5 heterocycles. The van der Waals surface area contributed by atoms with E-state index in [0.29, 0.717) is 27.6 Å². The van der Waals surface area contributed by atoms with E-state index in [2.05, 4.69) is 20.4 Å². The topological polar surface area (TPSA) is 132 Å². The number of anilines is 2. The molecule has 0 saturated carbocycles. The Hall–Kier alpha value is -4.07. The molecule has 1 fully saturated rings. The number of rotatable bonds is 5. The Morgan fingerprint density at radius 2 is 2.00 bits per heavy atom. The number of fused-ring (bicyclic) bond motifs is 2. The van der Waals surface area contributed by atoms with Crippen LogP contribution in [-0.4, -0.2) is 60.7 Å². The van der Waals surface area contributed by atoms with Crippen molar-refractivity contribution in [1.29, 1.82) is 0 Å². The Bertz CT molecular complexity index is 1580. The molecule has 1 aliphatic rings. The molecule has 1 aliphatic heterocycles. The number of alkyl halides is 3. The van der Waals surface area contributed by atoms with Gasteiger partial charge in [-0.15, -0.1) is 5.10 Å². The molecule has 1 unspecified atom stereocenters. The quantitative estimate of drug-likeness (QED) is 0.352. The number of nitrogens with zero attached hydrogens (tertiary/aromatic N) is 6. The second kappa shape index (κ2) is 9.59. The van der Waals surface area contributed by atoms with Gasteiger partial charge in [0, 0.05) is 43.9 Å². The van der Waals surface area contributed by atoms with Crippen molar-refractivity contribution in [3.63, 3.8) is 0 Å². The molecule has 39 heavy (non-hydrogen) atoms. The first kappa shape index (κ1) is 26.5. The van der Waals surface area contributed by atoms with Gasteiger partial charge in [0.25, 0.3) is 5.91 Å². The van der Waals surface area contributed by atoms with Gasteiger partial charge in [0.15, 0.2) is 11.5 Å². The van der Waals surface area contributed by atoms with Crippen molar-refractivity contribution in [3.05, 3.63) is 53.2 Å². The normalized spacial score (nSPS) is 16.4. The number of amides is 1. The second-order valence-corrected chi connectivity index (χ2v) is 9.99. The summed E-state index contributed by atoms with van der Waals surface area (Å²) in [6.45, 7) is 3.80. The fraction of sp³-hybridized carbons (Fsp3) is 0.375. The molecule has 4 aromatic rings. The lowest BCUT2D eigenvalue weighted by Gasteiger charge is -2.41. The molecule has 5 rings (SSSR count). The predicted octanol–water partition coefficient (Wildman–Crippen LogP) is 3.57. The number of nitrogens with one attached hydrogen (secondary N) is 1. The van der Waals surface area contributed by atoms with Gasteiger partial charge in [-0.3, -0.25) is 9.20 Å². The fourth-order valence-corrected chi connectivity index (χ4v) is 5.01. The Morgan fingerprint density at radius 3 is 2.69 bits per heavy atom. The zero-order valence-corrected chi connectivity index (χ0v) is 21.6. The Morgan fingerprint density at radius 1 is 1.28 bits per heavy atom. The van der Waals surface area contributed by atoms with Gasteiger partial charge in [0.05, 0.1) is 22.8 Å². The first-order chi connectivity index (χ1) is 18.4. The van der Waals surface area contributed by atoms with E-state index < -0.39 is 29.7 Å². The fourth-order valence-electron chi connectivity index (χ4n) is 4.75. The smallest absolute Gasteiger partial charge is 0.453 e. The van der Waals surface area contributed by atoms with Gasteiger partial charge in [0.1, 0.15) is 23.3 Å². The standard InChI is InChI=1S/C24H24ClF3N8O3/c1-13(32-20(37)17-18(29)33-36-7-3-6-31-19(17)36)14-10-15(25)16-11-30-12-35(16)21(14)34-8-4-23(2,5-9-34)39-22(38)24(26,27)28/h3,6-7,10-13H,4-5,8-9H2,1-2H3,(H2,29,33)(H,32,37). The summed E-state index contributed by atoms with van der Waals surface area (Å²) in [7, 11) is 0. The van der Waals surface area contributed by atoms with Crippen LogP contribution < -0.4 is 16.0 Å². The summed E-state index contributed by atoms with van der Waals surface area (Å²) in [6.07, 6.45) is 1.54. The zero-order chi connectivity index (χ0) is 28.1. The van der Waals surface area contributed by atoms with E-state index in [1.807, 2.05) is 4.90 Å². The van der Waals surface area contributed by atoms with E-state index in [-0.39, 0.29) is 37.3 Å². The van der Waals surface area contributed by atoms with Crippen LogP contribution in [0.15, 0.2) is 37.1 Å². The summed E-state index contributed by atoms with van der Waals surface area (Å²) >= 11 is 6.54. The molecule has 0 aliphatic carbocycles. The molecule has 0 radical (unpaired) electrons. The number of hydrogen-bond acceptors (Lipinski definition) is 8. The minimum atomic E-state index is -5.07. The van der Waals surface area contributed by atoms with Crippen LogP contribution in [0.5, 0.6) is 0 Å². The molecule has 0 aromatic carbocycles. The average molecular weight is 565 g/mol. The Labute approximate surface area is 224 Å². The second-order valence-electron chi connectivity index (χ2n) is 9.59. The summed E-state index contributed by atoms with van der Waals surface area (Å²) in [4.78, 5) is 35.1. The van der Waals surface area contributed by atoms with Crippen molar-refractivity contribution in [2.45, 2.75) is 44.5 Å². The number of nitrogen functional groups attached to an aromatic ring is 1. The van der Waals surface area contributed by atoms with E-state index in [1.54, 1.807) is 42.2 Å². The summed E-state index contributed by atoms with van der Waals surface area (Å²) < 4.78 is 46.4. The number of carbonyl (C=O) groups is 2. The van der Waals surface area contributed by atoms with Crippen molar-refractivity contribution in [2.75, 3.05) is 23.7 Å². The summed E-state index contributed by atoms with van der Waals surface area (Å²) in [6, 6.07) is 2.78. The number of esters is 1. The van der Waals surface area contributed by atoms with Gasteiger partial charge >= 0.3 is 12.1 Å². The van der Waals surface area contributed by atoms with Gasteiger partial charge < -0.3 is 20.7 Å². The van der Waals surface area contributed by atoms with Crippen molar-refractivity contribution in [2.24, 2.45) is 0 Å². The van der Waals surface area contributed by atoms with Crippen LogP contribution in [0.2, 0.25) is 5.02 Å². The Balaban J connectivity index is 1.44. The van der Waals surface area contributed by atoms with E-state index in [1.165, 1.54) is 17.6 Å². The van der Waals surface area contributed by atoms with Gasteiger partial charge in [-0.2, -0.15) is 13.2 Å². The highest BCUT2D eigenvalue weighted by molar-refractivity contribution is 6.34. The summed E-state index contributed by atoms with van der Waals surface area (Å²) in [5.74, 6) is -2.03. The lowest BCUT2D eigenvalue weighted by molar-refractivity contribution is -0.214. The molecule has 1 saturated heterocycles. The van der Waals surface area contributed by atoms with Crippen LogP contribution in [0.25, 0.3) is 11.2 Å². The maximum Gasteiger partial charge on any atom is 0.490 e. The molecular formula is C24H24ClF3N8O3. The monoisotopic (exact) mass is 564 g/mol. The molecule has 206 valence electrons. The van der Waals surface area contributed by atoms with Crippen molar-refractivity contribution in [3.8, 4) is 0 Å². The number of carbonyl (C=O) groups excluding carboxylic acids is 2. The third kappa shape index (κ3) is 4.91. The molecule has 1 amide bonds. The van der Waals surface area contributed by atoms with Crippen LogP contribution in [0, 0.1) is 0 Å². The Kier molecular flexibility index (Phi) is 6.53. The van der Waals surface area contributed by atoms with Crippen LogP contribution >= 0.6 is 11.6 Å². The number of halogens is 4. The first-order valence-corrected chi connectivity index (χ1v) is 12.3. The minimum Gasteiger partial charge on any atom is -0.453 e. The summed E-state index contributed by atoms with van der Waals surface area (Å²) in [5, 5.41) is 7.45. The SMILES string of the molecule is CC(NC(=O)c1c(N)nn2cccnc12)c1cc(Cl)c2cncn2c1N1CCC(C)(OC(=O)C(F)(F)F)CC1. The zero-order valence-electron chi connectivity index (χ0n) is 20.9. The van der Waals surface area contributed by atoms with Gasteiger partial charge in [-0.05, 0) is 26.0 Å². The summed E-state index contributed by atoms with van der Waals surface area (Å²) in [5.41, 5.74) is 6.40. The number of aromatic nitrogens is 5. The largest absolute Gasteiger partial charge is 0.490 e. The van der Waals surface area contributed by atoms with Gasteiger partial charge in [0.2, 0.25) is 0 Å². The van der Waals surface area contributed by atoms with Crippen molar-refractivity contribution < 1.29 is 27.5 Å². The predicted molar refractivity (Wildman–Crippen MR) is 135 cm³/mol.